The highest BCUT2D eigenvalue weighted by atomic mass is 19.1. The molecule has 1 aromatic heterocycles. The number of benzene rings is 1. The van der Waals surface area contributed by atoms with Crippen LogP contribution in [-0.4, -0.2) is 9.97 Å². The van der Waals surface area contributed by atoms with Crippen LogP contribution in [0.1, 0.15) is 23.9 Å². The van der Waals surface area contributed by atoms with Gasteiger partial charge < -0.3 is 0 Å². The van der Waals surface area contributed by atoms with Gasteiger partial charge in [0, 0.05) is 17.0 Å². The molecule has 0 fully saturated rings. The lowest BCUT2D eigenvalue weighted by atomic mass is 9.99. The smallest absolute Gasteiger partial charge is 0.134 e. The van der Waals surface area contributed by atoms with Crippen LogP contribution in [-0.2, 0) is 6.42 Å². The lowest BCUT2D eigenvalue weighted by Gasteiger charge is -2.11. The largest absolute Gasteiger partial charge is 0.241 e. The van der Waals surface area contributed by atoms with Crippen molar-refractivity contribution in [1.29, 1.82) is 0 Å². The third-order valence-corrected chi connectivity index (χ3v) is 2.99. The van der Waals surface area contributed by atoms with Gasteiger partial charge >= 0.3 is 0 Å². The molecule has 0 N–H and O–H groups in total. The first-order valence-corrected chi connectivity index (χ1v) is 5.81. The second-order valence-electron chi connectivity index (χ2n) is 4.21. The Morgan fingerprint density at radius 2 is 1.44 bits per heavy atom. The summed E-state index contributed by atoms with van der Waals surface area (Å²) in [5.41, 5.74) is 2.19. The second kappa shape index (κ2) is 4.80. The quantitative estimate of drug-likeness (QED) is 0.811. The van der Waals surface area contributed by atoms with Crippen LogP contribution in [0, 0.1) is 25.5 Å². The number of rotatable bonds is 2. The van der Waals surface area contributed by atoms with Gasteiger partial charge in [-0.15, -0.1) is 0 Å². The van der Waals surface area contributed by atoms with E-state index in [1.54, 1.807) is 13.8 Å². The Morgan fingerprint density at radius 3 is 1.89 bits per heavy atom. The van der Waals surface area contributed by atoms with Gasteiger partial charge in [-0.3, -0.25) is 0 Å². The Kier molecular flexibility index (Phi) is 3.36. The topological polar surface area (TPSA) is 25.8 Å². The van der Waals surface area contributed by atoms with Gasteiger partial charge in [-0.25, -0.2) is 18.7 Å². The Bertz CT molecular complexity index is 551. The molecule has 2 nitrogen and oxygen atoms in total. The van der Waals surface area contributed by atoms with Crippen molar-refractivity contribution in [2.45, 2.75) is 27.2 Å². The summed E-state index contributed by atoms with van der Waals surface area (Å²) >= 11 is 0. The van der Waals surface area contributed by atoms with Gasteiger partial charge in [0.25, 0.3) is 0 Å². The van der Waals surface area contributed by atoms with Crippen LogP contribution in [0.4, 0.5) is 8.78 Å². The molecule has 1 heterocycles. The maximum Gasteiger partial charge on any atom is 0.134 e. The molecule has 94 valence electrons. The fourth-order valence-electron chi connectivity index (χ4n) is 2.02. The number of hydrogen-bond acceptors (Lipinski definition) is 2. The summed E-state index contributed by atoms with van der Waals surface area (Å²) in [7, 11) is 0. The van der Waals surface area contributed by atoms with Crippen molar-refractivity contribution in [3.8, 4) is 11.1 Å². The van der Waals surface area contributed by atoms with Crippen molar-refractivity contribution in [3.05, 3.63) is 47.0 Å². The van der Waals surface area contributed by atoms with Crippen LogP contribution in [0.2, 0.25) is 0 Å². The van der Waals surface area contributed by atoms with Crippen LogP contribution in [0.5, 0.6) is 0 Å². The van der Waals surface area contributed by atoms with Crippen LogP contribution >= 0.6 is 0 Å². The van der Waals surface area contributed by atoms with Crippen LogP contribution in [0.3, 0.4) is 0 Å². The van der Waals surface area contributed by atoms with E-state index < -0.39 is 11.6 Å². The first-order valence-electron chi connectivity index (χ1n) is 5.81. The number of halogens is 2. The predicted octanol–water partition coefficient (Wildman–Crippen LogP) is 3.60. The fourth-order valence-corrected chi connectivity index (χ4v) is 2.02. The minimum absolute atomic E-state index is 0.0391. The van der Waals surface area contributed by atoms with E-state index in [0.29, 0.717) is 28.9 Å². The van der Waals surface area contributed by atoms with E-state index in [-0.39, 0.29) is 5.56 Å². The summed E-state index contributed by atoms with van der Waals surface area (Å²) in [5.74, 6) is -1.12. The zero-order valence-corrected chi connectivity index (χ0v) is 10.6. The monoisotopic (exact) mass is 248 g/mol. The van der Waals surface area contributed by atoms with Crippen LogP contribution in [0.15, 0.2) is 18.5 Å². The lowest BCUT2D eigenvalue weighted by molar-refractivity contribution is 0.585. The van der Waals surface area contributed by atoms with Gasteiger partial charge in [-0.1, -0.05) is 6.92 Å². The van der Waals surface area contributed by atoms with Crippen molar-refractivity contribution in [3.63, 3.8) is 0 Å². The fraction of sp³-hybridized carbons (Fsp3) is 0.286. The molecule has 0 amide bonds. The second-order valence-corrected chi connectivity index (χ2v) is 4.21. The molecular weight excluding hydrogens is 234 g/mol. The van der Waals surface area contributed by atoms with Crippen molar-refractivity contribution >= 4 is 0 Å². The molecule has 1 aromatic carbocycles. The van der Waals surface area contributed by atoms with E-state index in [2.05, 4.69) is 9.97 Å². The molecule has 2 rings (SSSR count). The summed E-state index contributed by atoms with van der Waals surface area (Å²) in [4.78, 5) is 7.99. The minimum Gasteiger partial charge on any atom is -0.241 e. The molecule has 0 saturated carbocycles. The molecule has 0 spiro atoms. The summed E-state index contributed by atoms with van der Waals surface area (Å²) in [6.07, 6.45) is 1.99. The Balaban J connectivity index is 2.72. The Hall–Kier alpha value is -1.84. The van der Waals surface area contributed by atoms with E-state index in [9.17, 15) is 8.78 Å². The molecule has 0 unspecified atom stereocenters. The van der Waals surface area contributed by atoms with E-state index in [1.165, 1.54) is 18.5 Å². The van der Waals surface area contributed by atoms with Gasteiger partial charge in [0.15, 0.2) is 0 Å². The van der Waals surface area contributed by atoms with E-state index in [4.69, 9.17) is 0 Å². The van der Waals surface area contributed by atoms with Crippen molar-refractivity contribution in [2.24, 2.45) is 0 Å². The number of hydrogen-bond donors (Lipinski definition) is 0. The molecule has 0 saturated heterocycles. The number of aromatic nitrogens is 2. The summed E-state index contributed by atoms with van der Waals surface area (Å²) in [6, 6.07) is 2.73. The first-order chi connectivity index (χ1) is 8.54. The van der Waals surface area contributed by atoms with E-state index in [1.807, 2.05) is 6.92 Å². The highest BCUT2D eigenvalue weighted by molar-refractivity contribution is 5.69. The molecule has 0 bridgehead atoms. The molecule has 4 heteroatoms. The minimum atomic E-state index is -0.562. The van der Waals surface area contributed by atoms with E-state index in [0.717, 1.165) is 0 Å². The molecule has 0 aliphatic rings. The van der Waals surface area contributed by atoms with Crippen molar-refractivity contribution in [1.82, 2.24) is 9.97 Å². The average Bonchev–Trinajstić information content (AvgIpc) is 2.31. The molecule has 2 aromatic rings. The SMILES string of the molecule is CCc1cc(F)c(-c2c(C)ncnc2C)c(F)c1. The average molecular weight is 248 g/mol. The van der Waals surface area contributed by atoms with Gasteiger partial charge in [-0.05, 0) is 38.0 Å². The van der Waals surface area contributed by atoms with Gasteiger partial charge in [0.1, 0.15) is 18.0 Å². The highest BCUT2D eigenvalue weighted by Gasteiger charge is 2.17. The van der Waals surface area contributed by atoms with Crippen LogP contribution < -0.4 is 0 Å². The van der Waals surface area contributed by atoms with Gasteiger partial charge in [0.05, 0.1) is 5.56 Å². The van der Waals surface area contributed by atoms with Gasteiger partial charge in [0.2, 0.25) is 0 Å². The molecule has 0 aliphatic carbocycles. The summed E-state index contributed by atoms with van der Waals surface area (Å²) in [6.45, 7) is 5.29. The summed E-state index contributed by atoms with van der Waals surface area (Å²) < 4.78 is 28.1. The first kappa shape index (κ1) is 12.6. The van der Waals surface area contributed by atoms with Crippen molar-refractivity contribution in [2.75, 3.05) is 0 Å². The molecular formula is C14H14F2N2. The number of nitrogens with zero attached hydrogens (tertiary/aromatic N) is 2. The maximum absolute atomic E-state index is 14.0. The lowest BCUT2D eigenvalue weighted by Crippen LogP contribution is -2.00. The molecule has 0 radical (unpaired) electrons. The molecule has 18 heavy (non-hydrogen) atoms. The third-order valence-electron chi connectivity index (χ3n) is 2.99. The predicted molar refractivity (Wildman–Crippen MR) is 66.2 cm³/mol. The zero-order chi connectivity index (χ0) is 13.3. The molecule has 0 aliphatic heterocycles. The standard InChI is InChI=1S/C14H14F2N2/c1-4-10-5-11(15)14(12(16)6-10)13-8(2)17-7-18-9(13)3/h5-7H,4H2,1-3H3. The number of aryl methyl sites for hydroxylation is 3. The molecule has 0 atom stereocenters. The maximum atomic E-state index is 14.0. The highest BCUT2D eigenvalue weighted by Crippen LogP contribution is 2.30. The Morgan fingerprint density at radius 1 is 0.944 bits per heavy atom. The zero-order valence-electron chi connectivity index (χ0n) is 10.6. The normalized spacial score (nSPS) is 10.7. The summed E-state index contributed by atoms with van der Waals surface area (Å²) in [5, 5.41) is 0. The third kappa shape index (κ3) is 2.10. The van der Waals surface area contributed by atoms with Crippen molar-refractivity contribution < 1.29 is 8.78 Å². The van der Waals surface area contributed by atoms with Gasteiger partial charge in [-0.2, -0.15) is 0 Å². The van der Waals surface area contributed by atoms with Crippen LogP contribution in [0.25, 0.3) is 11.1 Å². The van der Waals surface area contributed by atoms with E-state index >= 15 is 0 Å². The Labute approximate surface area is 105 Å².